The molecule has 0 aliphatic carbocycles. The summed E-state index contributed by atoms with van der Waals surface area (Å²) < 4.78 is 0. The second kappa shape index (κ2) is 8.64. The Bertz CT molecular complexity index is 1580. The first-order valence-corrected chi connectivity index (χ1v) is 12.0. The maximum Gasteiger partial charge on any atom is 0.299 e. The molecule has 0 bridgehead atoms. The number of likely N-dealkylation sites (N-methyl/N-ethyl adjacent to an activating group) is 1. The third-order valence-electron chi connectivity index (χ3n) is 7.01. The topological polar surface area (TPSA) is 105 Å². The third kappa shape index (κ3) is 3.81. The van der Waals surface area contributed by atoms with Crippen molar-refractivity contribution in [3.8, 4) is 22.3 Å². The van der Waals surface area contributed by atoms with E-state index in [9.17, 15) is 14.4 Å². The first-order valence-electron chi connectivity index (χ1n) is 12.0. The van der Waals surface area contributed by atoms with Crippen LogP contribution in [0.4, 0.5) is 22.7 Å². The molecule has 1 atom stereocenters. The summed E-state index contributed by atoms with van der Waals surface area (Å²) in [6.45, 7) is 0. The van der Waals surface area contributed by atoms with Gasteiger partial charge in [-0.1, -0.05) is 48.5 Å². The molecule has 37 heavy (non-hydrogen) atoms. The molecule has 0 saturated carbocycles. The van der Waals surface area contributed by atoms with Crippen LogP contribution in [0.2, 0.25) is 0 Å². The zero-order valence-corrected chi connectivity index (χ0v) is 20.1. The molecule has 4 aromatic carbocycles. The van der Waals surface area contributed by atoms with Crippen molar-refractivity contribution in [2.45, 2.75) is 12.5 Å². The van der Waals surface area contributed by atoms with Gasteiger partial charge in [-0.15, -0.1) is 0 Å². The zero-order valence-electron chi connectivity index (χ0n) is 20.1. The molecule has 0 spiro atoms. The van der Waals surface area contributed by atoms with E-state index < -0.39 is 17.7 Å². The van der Waals surface area contributed by atoms with Gasteiger partial charge in [0.1, 0.15) is 0 Å². The number of Topliss-reactive ketones (excluding diaryl/α,β-unsaturated/α-hetero) is 1. The summed E-state index contributed by atoms with van der Waals surface area (Å²) in [6, 6.07) is 26.2. The van der Waals surface area contributed by atoms with Gasteiger partial charge in [0.05, 0.1) is 23.7 Å². The molecule has 7 nitrogen and oxygen atoms in total. The fraction of sp³-hybridized carbons (Fsp3) is 0.100. The minimum Gasteiger partial charge on any atom is -0.399 e. The Morgan fingerprint density at radius 1 is 0.892 bits per heavy atom. The van der Waals surface area contributed by atoms with Gasteiger partial charge in [0.15, 0.2) is 0 Å². The first kappa shape index (κ1) is 22.5. The number of para-hydroxylation sites is 1. The van der Waals surface area contributed by atoms with Crippen LogP contribution < -0.4 is 21.3 Å². The molecule has 0 saturated heterocycles. The average molecular weight is 489 g/mol. The number of carbonyl (C=O) groups excluding carboxylic acids is 3. The van der Waals surface area contributed by atoms with E-state index in [0.717, 1.165) is 27.9 Å². The summed E-state index contributed by atoms with van der Waals surface area (Å²) in [7, 11) is 1.60. The number of nitrogens with one attached hydrogen (secondary N) is 2. The number of carbonyl (C=O) groups is 3. The van der Waals surface area contributed by atoms with Crippen LogP contribution in [-0.2, 0) is 9.59 Å². The number of amides is 2. The molecule has 2 aliphatic heterocycles. The summed E-state index contributed by atoms with van der Waals surface area (Å²) in [6.07, 6.45) is 0.0860. The van der Waals surface area contributed by atoms with E-state index in [1.807, 2.05) is 78.9 Å². The highest BCUT2D eigenvalue weighted by molar-refractivity contribution is 6.52. The standard InChI is InChI=1S/C30H24N4O3/c1-34-25-15-14-22-21-4-2-3-5-23(21)33-24(27(22)28(25)29(36)30(34)37)16-26(35)32-20-12-8-18(9-13-20)17-6-10-19(31)11-7-17/h2-15,24,33H,16,31H2,1H3,(H,32,35). The largest absolute Gasteiger partial charge is 0.399 e. The summed E-state index contributed by atoms with van der Waals surface area (Å²) in [5.41, 5.74) is 13.5. The van der Waals surface area contributed by atoms with Crippen molar-refractivity contribution in [3.63, 3.8) is 0 Å². The second-order valence-electron chi connectivity index (χ2n) is 9.31. The monoisotopic (exact) mass is 488 g/mol. The van der Waals surface area contributed by atoms with Gasteiger partial charge in [0, 0.05) is 29.7 Å². The van der Waals surface area contributed by atoms with Gasteiger partial charge in [-0.05, 0) is 58.7 Å². The molecule has 0 radical (unpaired) electrons. The van der Waals surface area contributed by atoms with Crippen molar-refractivity contribution in [2.24, 2.45) is 0 Å². The number of anilines is 4. The van der Waals surface area contributed by atoms with Crippen molar-refractivity contribution in [1.82, 2.24) is 0 Å². The number of nitrogen functional groups attached to an aromatic ring is 1. The summed E-state index contributed by atoms with van der Waals surface area (Å²) in [5, 5.41) is 6.40. The van der Waals surface area contributed by atoms with Crippen molar-refractivity contribution in [3.05, 3.63) is 96.1 Å². The maximum atomic E-state index is 13.2. The van der Waals surface area contributed by atoms with E-state index in [2.05, 4.69) is 10.6 Å². The van der Waals surface area contributed by atoms with Crippen molar-refractivity contribution >= 4 is 40.3 Å². The molecule has 1 unspecified atom stereocenters. The number of benzene rings is 4. The van der Waals surface area contributed by atoms with E-state index in [4.69, 9.17) is 5.73 Å². The fourth-order valence-corrected chi connectivity index (χ4v) is 5.17. The molecular weight excluding hydrogens is 464 g/mol. The first-order chi connectivity index (χ1) is 17.9. The molecule has 6 rings (SSSR count). The summed E-state index contributed by atoms with van der Waals surface area (Å²) in [4.78, 5) is 40.0. The Hall–Kier alpha value is -4.91. The average Bonchev–Trinajstić information content (AvgIpc) is 3.13. The minimum absolute atomic E-state index is 0.0860. The molecule has 0 aromatic heterocycles. The molecular formula is C30H24N4O3. The number of nitrogens with zero attached hydrogens (tertiary/aromatic N) is 1. The lowest BCUT2D eigenvalue weighted by Gasteiger charge is -2.31. The van der Waals surface area contributed by atoms with Gasteiger partial charge in [-0.25, -0.2) is 0 Å². The highest BCUT2D eigenvalue weighted by Gasteiger charge is 2.40. The number of fused-ring (bicyclic) bond motifs is 5. The lowest BCUT2D eigenvalue weighted by atomic mass is 9.84. The van der Waals surface area contributed by atoms with Crippen molar-refractivity contribution < 1.29 is 14.4 Å². The quantitative estimate of drug-likeness (QED) is 0.269. The van der Waals surface area contributed by atoms with Crippen LogP contribution in [0, 0.1) is 0 Å². The number of nitrogens with two attached hydrogens (primary N) is 1. The van der Waals surface area contributed by atoms with Gasteiger partial charge in [0.2, 0.25) is 5.91 Å². The summed E-state index contributed by atoms with van der Waals surface area (Å²) in [5.74, 6) is -1.31. The molecule has 7 heteroatoms. The number of hydrogen-bond donors (Lipinski definition) is 3. The lowest BCUT2D eigenvalue weighted by molar-refractivity contribution is -0.116. The van der Waals surface area contributed by atoms with Crippen molar-refractivity contribution in [1.29, 1.82) is 0 Å². The maximum absolute atomic E-state index is 13.2. The molecule has 0 fully saturated rings. The van der Waals surface area contributed by atoms with Crippen LogP contribution in [0.1, 0.15) is 28.4 Å². The van der Waals surface area contributed by atoms with Crippen LogP contribution in [0.25, 0.3) is 22.3 Å². The minimum atomic E-state index is -0.563. The van der Waals surface area contributed by atoms with Crippen LogP contribution in [-0.4, -0.2) is 24.6 Å². The fourth-order valence-electron chi connectivity index (χ4n) is 5.17. The SMILES string of the molecule is CN1C(=O)C(=O)c2c1ccc1c2C(CC(=O)Nc2ccc(-c3ccc(N)cc3)cc2)Nc2ccccc2-1. The molecule has 182 valence electrons. The van der Waals surface area contributed by atoms with Crippen molar-refractivity contribution in [2.75, 3.05) is 28.3 Å². The highest BCUT2D eigenvalue weighted by atomic mass is 16.2. The Balaban J connectivity index is 1.29. The van der Waals surface area contributed by atoms with Crippen LogP contribution in [0.5, 0.6) is 0 Å². The Morgan fingerprint density at radius 3 is 2.30 bits per heavy atom. The molecule has 2 amide bonds. The van der Waals surface area contributed by atoms with Gasteiger partial charge in [-0.2, -0.15) is 0 Å². The van der Waals surface area contributed by atoms with Crippen LogP contribution >= 0.6 is 0 Å². The number of rotatable bonds is 4. The Labute approximate surface area is 213 Å². The van der Waals surface area contributed by atoms with Gasteiger partial charge < -0.3 is 21.3 Å². The smallest absolute Gasteiger partial charge is 0.299 e. The Morgan fingerprint density at radius 2 is 1.57 bits per heavy atom. The Kier molecular flexibility index (Phi) is 5.26. The third-order valence-corrected chi connectivity index (χ3v) is 7.01. The van der Waals surface area contributed by atoms with Gasteiger partial charge in [-0.3, -0.25) is 14.4 Å². The van der Waals surface area contributed by atoms with E-state index in [1.54, 1.807) is 13.1 Å². The molecule has 2 aliphatic rings. The van der Waals surface area contributed by atoms with Crippen LogP contribution in [0.3, 0.4) is 0 Å². The van der Waals surface area contributed by atoms with Crippen LogP contribution in [0.15, 0.2) is 84.9 Å². The summed E-state index contributed by atoms with van der Waals surface area (Å²) >= 11 is 0. The van der Waals surface area contributed by atoms with E-state index in [-0.39, 0.29) is 12.3 Å². The molecule has 2 heterocycles. The highest BCUT2D eigenvalue weighted by Crippen LogP contribution is 2.47. The molecule has 4 N–H and O–H groups in total. The van der Waals surface area contributed by atoms with Gasteiger partial charge in [0.25, 0.3) is 11.7 Å². The number of ketones is 1. The zero-order chi connectivity index (χ0) is 25.7. The molecule has 4 aromatic rings. The predicted molar refractivity (Wildman–Crippen MR) is 146 cm³/mol. The lowest BCUT2D eigenvalue weighted by Crippen LogP contribution is -2.26. The second-order valence-corrected chi connectivity index (χ2v) is 9.31. The normalized spacial score (nSPS) is 15.5. The van der Waals surface area contributed by atoms with E-state index >= 15 is 0 Å². The predicted octanol–water partition coefficient (Wildman–Crippen LogP) is 5.26. The van der Waals surface area contributed by atoms with E-state index in [1.165, 1.54) is 4.90 Å². The van der Waals surface area contributed by atoms with E-state index in [0.29, 0.717) is 28.2 Å². The number of hydrogen-bond acceptors (Lipinski definition) is 5. The van der Waals surface area contributed by atoms with Gasteiger partial charge >= 0.3 is 0 Å².